The topological polar surface area (TPSA) is 58.2 Å². The van der Waals surface area contributed by atoms with Crippen molar-refractivity contribution in [3.63, 3.8) is 0 Å². The minimum Gasteiger partial charge on any atom is -0.320 e. The van der Waals surface area contributed by atoms with Gasteiger partial charge in [-0.15, -0.1) is 0 Å². The van der Waals surface area contributed by atoms with Gasteiger partial charge in [-0.2, -0.15) is 0 Å². The van der Waals surface area contributed by atoms with Crippen LogP contribution in [0, 0.1) is 11.8 Å². The Hall–Kier alpha value is -0.130. The summed E-state index contributed by atoms with van der Waals surface area (Å²) < 4.78 is 27.2. The number of hydrogen-bond donors (Lipinski definition) is 2. The molecule has 0 spiro atoms. The average Bonchev–Trinajstić information content (AvgIpc) is 2.34. The fourth-order valence-corrected chi connectivity index (χ4v) is 4.44. The zero-order valence-electron chi connectivity index (χ0n) is 12.6. The van der Waals surface area contributed by atoms with Gasteiger partial charge >= 0.3 is 0 Å². The number of hydrogen-bond acceptors (Lipinski definition) is 3. The lowest BCUT2D eigenvalue weighted by molar-refractivity contribution is 0.226. The molecule has 2 unspecified atom stereocenters. The second-order valence-corrected chi connectivity index (χ2v) is 7.92. The summed E-state index contributed by atoms with van der Waals surface area (Å²) >= 11 is 0. The Morgan fingerprint density at radius 1 is 1.16 bits per heavy atom. The van der Waals surface area contributed by atoms with Gasteiger partial charge < -0.3 is 5.32 Å². The molecule has 19 heavy (non-hydrogen) atoms. The molecule has 1 saturated carbocycles. The summed E-state index contributed by atoms with van der Waals surface area (Å²) in [5.74, 6) is 1.31. The number of sulfonamides is 1. The average molecular weight is 290 g/mol. The van der Waals surface area contributed by atoms with E-state index in [9.17, 15) is 8.42 Å². The highest BCUT2D eigenvalue weighted by molar-refractivity contribution is 7.89. The van der Waals surface area contributed by atoms with E-state index in [2.05, 4.69) is 23.9 Å². The van der Waals surface area contributed by atoms with Crippen molar-refractivity contribution < 1.29 is 8.42 Å². The first kappa shape index (κ1) is 16.9. The number of nitrogens with one attached hydrogen (secondary N) is 2. The molecule has 2 atom stereocenters. The molecule has 0 radical (unpaired) electrons. The molecule has 0 amide bonds. The summed E-state index contributed by atoms with van der Waals surface area (Å²) in [6, 6.07) is 0.156. The van der Waals surface area contributed by atoms with E-state index in [1.165, 1.54) is 6.42 Å². The highest BCUT2D eigenvalue weighted by Crippen LogP contribution is 2.30. The van der Waals surface area contributed by atoms with Crippen LogP contribution in [0.1, 0.15) is 52.4 Å². The van der Waals surface area contributed by atoms with Crippen molar-refractivity contribution in [3.05, 3.63) is 0 Å². The van der Waals surface area contributed by atoms with Crippen LogP contribution in [0.3, 0.4) is 0 Å². The van der Waals surface area contributed by atoms with Crippen LogP contribution in [0.25, 0.3) is 0 Å². The van der Waals surface area contributed by atoms with Gasteiger partial charge in [0.05, 0.1) is 5.75 Å². The van der Waals surface area contributed by atoms with Crippen LogP contribution in [0.15, 0.2) is 0 Å². The van der Waals surface area contributed by atoms with Crippen LogP contribution < -0.4 is 10.0 Å². The Morgan fingerprint density at radius 3 is 2.47 bits per heavy atom. The standard InChI is InChI=1S/C14H30N2O2S/c1-12(2)13-8-4-5-9-14(13)16-19(17,18)11-7-6-10-15-3/h12-16H,4-11H2,1-3H3. The third-order valence-electron chi connectivity index (χ3n) is 4.10. The van der Waals surface area contributed by atoms with Crippen molar-refractivity contribution in [2.75, 3.05) is 19.3 Å². The van der Waals surface area contributed by atoms with E-state index in [0.717, 1.165) is 38.6 Å². The molecule has 0 heterocycles. The van der Waals surface area contributed by atoms with Crippen molar-refractivity contribution in [2.45, 2.75) is 58.4 Å². The normalized spacial score (nSPS) is 24.8. The highest BCUT2D eigenvalue weighted by Gasteiger charge is 2.30. The van der Waals surface area contributed by atoms with Crippen LogP contribution >= 0.6 is 0 Å². The maximum absolute atomic E-state index is 12.1. The second-order valence-electron chi connectivity index (χ2n) is 6.05. The summed E-state index contributed by atoms with van der Waals surface area (Å²) in [6.07, 6.45) is 6.19. The predicted octanol–water partition coefficient (Wildman–Crippen LogP) is 2.12. The lowest BCUT2D eigenvalue weighted by Gasteiger charge is -2.34. The first-order valence-corrected chi connectivity index (χ1v) is 9.26. The molecule has 4 nitrogen and oxygen atoms in total. The quantitative estimate of drug-likeness (QED) is 0.673. The van der Waals surface area contributed by atoms with Gasteiger partial charge in [0.1, 0.15) is 0 Å². The molecule has 1 aliphatic rings. The van der Waals surface area contributed by atoms with Crippen LogP contribution in [0.5, 0.6) is 0 Å². The molecular weight excluding hydrogens is 260 g/mol. The summed E-state index contributed by atoms with van der Waals surface area (Å²) in [6.45, 7) is 5.28. The first-order valence-electron chi connectivity index (χ1n) is 7.61. The Labute approximate surface area is 118 Å². The van der Waals surface area contributed by atoms with E-state index in [1.807, 2.05) is 7.05 Å². The molecule has 1 aliphatic carbocycles. The molecule has 0 aromatic rings. The fourth-order valence-electron chi connectivity index (χ4n) is 2.99. The van der Waals surface area contributed by atoms with Crippen LogP contribution in [-0.2, 0) is 10.0 Å². The van der Waals surface area contributed by atoms with E-state index in [-0.39, 0.29) is 11.8 Å². The lowest BCUT2D eigenvalue weighted by Crippen LogP contribution is -2.44. The van der Waals surface area contributed by atoms with Crippen molar-refractivity contribution in [1.29, 1.82) is 0 Å². The Balaban J connectivity index is 2.46. The second kappa shape index (κ2) is 8.22. The lowest BCUT2D eigenvalue weighted by atomic mass is 9.78. The molecular formula is C14H30N2O2S. The van der Waals surface area contributed by atoms with Crippen molar-refractivity contribution >= 4 is 10.0 Å². The highest BCUT2D eigenvalue weighted by atomic mass is 32.2. The smallest absolute Gasteiger partial charge is 0.211 e. The van der Waals surface area contributed by atoms with Gasteiger partial charge in [0.2, 0.25) is 10.0 Å². The van der Waals surface area contributed by atoms with Gasteiger partial charge in [-0.3, -0.25) is 0 Å². The van der Waals surface area contributed by atoms with Crippen molar-refractivity contribution in [3.8, 4) is 0 Å². The zero-order chi connectivity index (χ0) is 14.3. The maximum Gasteiger partial charge on any atom is 0.211 e. The van der Waals surface area contributed by atoms with Crippen LogP contribution in [0.4, 0.5) is 0 Å². The Bertz CT molecular complexity index is 341. The SMILES string of the molecule is CNCCCCS(=O)(=O)NC1CCCCC1C(C)C. The van der Waals surface area contributed by atoms with Gasteiger partial charge in [0.25, 0.3) is 0 Å². The van der Waals surface area contributed by atoms with Crippen molar-refractivity contribution in [2.24, 2.45) is 11.8 Å². The summed E-state index contributed by atoms with van der Waals surface area (Å²) in [5.41, 5.74) is 0. The zero-order valence-corrected chi connectivity index (χ0v) is 13.4. The van der Waals surface area contributed by atoms with Crippen LogP contribution in [-0.4, -0.2) is 33.8 Å². The molecule has 0 saturated heterocycles. The van der Waals surface area contributed by atoms with Gasteiger partial charge in [0.15, 0.2) is 0 Å². The molecule has 2 N–H and O–H groups in total. The molecule has 0 aromatic carbocycles. The molecule has 114 valence electrons. The minimum atomic E-state index is -3.11. The van der Waals surface area contributed by atoms with E-state index >= 15 is 0 Å². The molecule has 1 fully saturated rings. The predicted molar refractivity (Wildman–Crippen MR) is 80.7 cm³/mol. The molecule has 5 heteroatoms. The minimum absolute atomic E-state index is 0.156. The maximum atomic E-state index is 12.1. The molecule has 0 aliphatic heterocycles. The Kier molecular flexibility index (Phi) is 7.32. The number of unbranched alkanes of at least 4 members (excludes halogenated alkanes) is 1. The number of rotatable bonds is 8. The molecule has 0 bridgehead atoms. The summed E-state index contributed by atoms with van der Waals surface area (Å²) in [5, 5.41) is 3.04. The van der Waals surface area contributed by atoms with Crippen molar-refractivity contribution in [1.82, 2.24) is 10.0 Å². The van der Waals surface area contributed by atoms with Gasteiger partial charge in [-0.05, 0) is 51.1 Å². The van der Waals surface area contributed by atoms with E-state index in [1.54, 1.807) is 0 Å². The van der Waals surface area contributed by atoms with E-state index in [0.29, 0.717) is 11.8 Å². The van der Waals surface area contributed by atoms with E-state index in [4.69, 9.17) is 0 Å². The largest absolute Gasteiger partial charge is 0.320 e. The summed E-state index contributed by atoms with van der Waals surface area (Å²) in [7, 11) is -1.21. The molecule has 1 rings (SSSR count). The Morgan fingerprint density at radius 2 is 1.84 bits per heavy atom. The third-order valence-corrected chi connectivity index (χ3v) is 5.58. The van der Waals surface area contributed by atoms with Crippen LogP contribution in [0.2, 0.25) is 0 Å². The third kappa shape index (κ3) is 6.23. The monoisotopic (exact) mass is 290 g/mol. The van der Waals surface area contributed by atoms with E-state index < -0.39 is 10.0 Å². The first-order chi connectivity index (χ1) is 8.96. The summed E-state index contributed by atoms with van der Waals surface area (Å²) in [4.78, 5) is 0. The fraction of sp³-hybridized carbons (Fsp3) is 1.00. The van der Waals surface area contributed by atoms with Gasteiger partial charge in [-0.25, -0.2) is 13.1 Å². The van der Waals surface area contributed by atoms with Gasteiger partial charge in [0, 0.05) is 6.04 Å². The molecule has 0 aromatic heterocycles. The van der Waals surface area contributed by atoms with Gasteiger partial charge in [-0.1, -0.05) is 26.7 Å².